The molecule has 0 spiro atoms. The van der Waals surface area contributed by atoms with Crippen molar-refractivity contribution in [3.8, 4) is 0 Å². The Bertz CT molecular complexity index is 1240. The Labute approximate surface area is 175 Å². The number of aliphatic hydroxyl groups excluding tert-OH is 2. The lowest BCUT2D eigenvalue weighted by atomic mass is 10.1. The highest BCUT2D eigenvalue weighted by atomic mass is 16.3. The van der Waals surface area contributed by atoms with Crippen LogP contribution in [0.4, 0.5) is 34.1 Å². The average molecular weight is 401 g/mol. The molecule has 3 aromatic carbocycles. The molecule has 0 unspecified atom stereocenters. The molecule has 0 radical (unpaired) electrons. The van der Waals surface area contributed by atoms with E-state index < -0.39 is 0 Å². The first kappa shape index (κ1) is 18.8. The molecule has 0 aromatic heterocycles. The SMILES string of the molecule is CC[N+]1=c2cc3c(cc2N(CCO)c2ccccc21)=Nc1ccccc1N3CCO. The zero-order valence-electron chi connectivity index (χ0n) is 17.0. The summed E-state index contributed by atoms with van der Waals surface area (Å²) in [6, 6.07) is 20.6. The number of hydrogen-bond acceptors (Lipinski definition) is 5. The summed E-state index contributed by atoms with van der Waals surface area (Å²) >= 11 is 0. The Morgan fingerprint density at radius 2 is 1.47 bits per heavy atom. The molecule has 152 valence electrons. The summed E-state index contributed by atoms with van der Waals surface area (Å²) in [6.07, 6.45) is 0. The number of para-hydroxylation sites is 4. The van der Waals surface area contributed by atoms with Crippen molar-refractivity contribution >= 4 is 34.1 Å². The molecule has 0 aliphatic carbocycles. The molecule has 6 nitrogen and oxygen atoms in total. The van der Waals surface area contributed by atoms with Crippen molar-refractivity contribution in [3.05, 3.63) is 71.4 Å². The van der Waals surface area contributed by atoms with Crippen molar-refractivity contribution in [2.24, 2.45) is 4.99 Å². The molecule has 2 heterocycles. The van der Waals surface area contributed by atoms with Crippen molar-refractivity contribution in [1.82, 2.24) is 4.58 Å². The third-order valence-electron chi connectivity index (χ3n) is 5.78. The number of hydrogen-bond donors (Lipinski definition) is 2. The van der Waals surface area contributed by atoms with Gasteiger partial charge in [-0.3, -0.25) is 0 Å². The minimum Gasteiger partial charge on any atom is -0.395 e. The number of nitrogens with zero attached hydrogens (tertiary/aromatic N) is 4. The van der Waals surface area contributed by atoms with Gasteiger partial charge < -0.3 is 20.0 Å². The fourth-order valence-corrected chi connectivity index (χ4v) is 4.54. The van der Waals surface area contributed by atoms with Crippen LogP contribution in [0.15, 0.2) is 65.7 Å². The van der Waals surface area contributed by atoms with Crippen molar-refractivity contribution in [1.29, 1.82) is 0 Å². The fraction of sp³-hybridized carbons (Fsp3) is 0.250. The Balaban J connectivity index is 1.85. The summed E-state index contributed by atoms with van der Waals surface area (Å²) in [5.74, 6) is 0. The van der Waals surface area contributed by atoms with Crippen LogP contribution in [0.25, 0.3) is 0 Å². The lowest BCUT2D eigenvalue weighted by molar-refractivity contribution is 0.305. The topological polar surface area (TPSA) is 62.3 Å². The van der Waals surface area contributed by atoms with Gasteiger partial charge in [0.05, 0.1) is 35.6 Å². The molecular weight excluding hydrogens is 376 g/mol. The van der Waals surface area contributed by atoms with Gasteiger partial charge in [-0.05, 0) is 31.2 Å². The van der Waals surface area contributed by atoms with Crippen LogP contribution in [0.3, 0.4) is 0 Å². The highest BCUT2D eigenvalue weighted by molar-refractivity contribution is 5.81. The number of aliphatic hydroxyl groups is 2. The Morgan fingerprint density at radius 3 is 2.20 bits per heavy atom. The first-order valence-electron chi connectivity index (χ1n) is 10.4. The maximum Gasteiger partial charge on any atom is 0.231 e. The maximum atomic E-state index is 9.76. The third-order valence-corrected chi connectivity index (χ3v) is 5.78. The van der Waals surface area contributed by atoms with Gasteiger partial charge >= 0.3 is 0 Å². The summed E-state index contributed by atoms with van der Waals surface area (Å²) in [6.45, 7) is 4.10. The first-order chi connectivity index (χ1) is 14.8. The van der Waals surface area contributed by atoms with Crippen LogP contribution in [0.1, 0.15) is 6.92 Å². The van der Waals surface area contributed by atoms with Gasteiger partial charge in [0.1, 0.15) is 17.9 Å². The van der Waals surface area contributed by atoms with E-state index in [1.165, 1.54) is 0 Å². The van der Waals surface area contributed by atoms with Gasteiger partial charge in [0.2, 0.25) is 11.0 Å². The standard InChI is InChI=1S/C24H25N4O2/c1-2-26-20-9-5-6-10-21(20)28(12-14-30)23-15-18-22(16-24(23)26)27(11-13-29)19-8-4-3-7-17(19)25-18/h3-10,15-16,29-30H,2,11-14H2,1H3/q+1. The molecule has 2 N–H and O–H groups in total. The highest BCUT2D eigenvalue weighted by Crippen LogP contribution is 2.38. The quantitative estimate of drug-likeness (QED) is 0.645. The first-order valence-corrected chi connectivity index (χ1v) is 10.4. The second-order valence-electron chi connectivity index (χ2n) is 7.41. The average Bonchev–Trinajstić information content (AvgIpc) is 2.78. The molecule has 6 heteroatoms. The Hall–Kier alpha value is -3.22. The largest absolute Gasteiger partial charge is 0.395 e. The van der Waals surface area contributed by atoms with E-state index in [2.05, 4.69) is 45.6 Å². The second-order valence-corrected chi connectivity index (χ2v) is 7.41. The maximum absolute atomic E-state index is 9.76. The van der Waals surface area contributed by atoms with Crippen LogP contribution in [-0.2, 0) is 0 Å². The van der Waals surface area contributed by atoms with Crippen LogP contribution >= 0.6 is 0 Å². The molecule has 5 rings (SSSR count). The Kier molecular flexibility index (Phi) is 4.73. The molecule has 0 fully saturated rings. The van der Waals surface area contributed by atoms with Crippen molar-refractivity contribution in [2.45, 2.75) is 6.92 Å². The molecule has 0 saturated carbocycles. The van der Waals surface area contributed by atoms with Crippen LogP contribution in [0.5, 0.6) is 0 Å². The van der Waals surface area contributed by atoms with E-state index in [0.717, 1.165) is 51.4 Å². The van der Waals surface area contributed by atoms with Crippen LogP contribution < -0.4 is 25.1 Å². The molecule has 0 bridgehead atoms. The van der Waals surface area contributed by atoms with Crippen molar-refractivity contribution < 1.29 is 10.2 Å². The zero-order chi connectivity index (χ0) is 20.7. The molecule has 2 aliphatic rings. The lowest BCUT2D eigenvalue weighted by Gasteiger charge is -2.31. The summed E-state index contributed by atoms with van der Waals surface area (Å²) < 4.78 is 2.30. The van der Waals surface area contributed by atoms with Gasteiger partial charge in [0.25, 0.3) is 0 Å². The summed E-state index contributed by atoms with van der Waals surface area (Å²) in [5.41, 5.74) is 6.15. The summed E-state index contributed by atoms with van der Waals surface area (Å²) in [4.78, 5) is 9.23. The van der Waals surface area contributed by atoms with E-state index in [1.54, 1.807) is 0 Å². The number of benzene rings is 3. The smallest absolute Gasteiger partial charge is 0.231 e. The third kappa shape index (κ3) is 2.80. The molecule has 0 amide bonds. The molecule has 2 aliphatic heterocycles. The number of fused-ring (bicyclic) bond motifs is 4. The van der Waals surface area contributed by atoms with Crippen molar-refractivity contribution in [2.75, 3.05) is 42.6 Å². The fourth-order valence-electron chi connectivity index (χ4n) is 4.54. The molecule has 0 saturated heterocycles. The Morgan fingerprint density at radius 1 is 0.800 bits per heavy atom. The van der Waals surface area contributed by atoms with Crippen LogP contribution in [0.2, 0.25) is 0 Å². The zero-order valence-corrected chi connectivity index (χ0v) is 17.0. The molecule has 0 atom stereocenters. The van der Waals surface area contributed by atoms with E-state index in [9.17, 15) is 10.2 Å². The minimum absolute atomic E-state index is 0.0574. The minimum atomic E-state index is 0.0574. The normalized spacial score (nSPS) is 13.9. The number of anilines is 4. The summed E-state index contributed by atoms with van der Waals surface area (Å²) in [7, 11) is 0. The van der Waals surface area contributed by atoms with Crippen LogP contribution in [0, 0.1) is 0 Å². The molecular formula is C24H25N4O2+. The number of β-amino-alcohol motifs (C(OH)–C–C–N with tert-alkyl or cyclic N) is 2. The van der Waals surface area contributed by atoms with Gasteiger partial charge in [-0.2, -0.15) is 4.58 Å². The number of rotatable bonds is 5. The molecule has 30 heavy (non-hydrogen) atoms. The van der Waals surface area contributed by atoms with E-state index in [-0.39, 0.29) is 13.2 Å². The van der Waals surface area contributed by atoms with Crippen molar-refractivity contribution in [3.63, 3.8) is 0 Å². The molecule has 3 aromatic rings. The second kappa shape index (κ2) is 7.55. The summed E-state index contributed by atoms with van der Waals surface area (Å²) in [5, 5.41) is 21.4. The van der Waals surface area contributed by atoms with Gasteiger partial charge in [-0.25, -0.2) is 4.99 Å². The van der Waals surface area contributed by atoms with Gasteiger partial charge in [0, 0.05) is 25.2 Å². The van der Waals surface area contributed by atoms with Gasteiger partial charge in [-0.15, -0.1) is 0 Å². The highest BCUT2D eigenvalue weighted by Gasteiger charge is 2.31. The van der Waals surface area contributed by atoms with E-state index in [1.807, 2.05) is 36.4 Å². The van der Waals surface area contributed by atoms with E-state index in [0.29, 0.717) is 13.1 Å². The predicted molar refractivity (Wildman–Crippen MR) is 119 cm³/mol. The van der Waals surface area contributed by atoms with Gasteiger partial charge in [-0.1, -0.05) is 24.3 Å². The predicted octanol–water partition coefficient (Wildman–Crippen LogP) is 2.37. The van der Waals surface area contributed by atoms with E-state index in [4.69, 9.17) is 4.99 Å². The lowest BCUT2D eigenvalue weighted by Crippen LogP contribution is -2.41. The van der Waals surface area contributed by atoms with Gasteiger partial charge in [0.15, 0.2) is 0 Å². The van der Waals surface area contributed by atoms with E-state index >= 15 is 0 Å². The monoisotopic (exact) mass is 401 g/mol. The van der Waals surface area contributed by atoms with Crippen LogP contribution in [-0.4, -0.2) is 43.1 Å².